The number of hydrogen-bond donors (Lipinski definition) is 2. The van der Waals surface area contributed by atoms with Crippen LogP contribution in [0.15, 0.2) is 24.5 Å². The molecule has 0 saturated heterocycles. The van der Waals surface area contributed by atoms with Crippen molar-refractivity contribution < 1.29 is 9.90 Å². The van der Waals surface area contributed by atoms with Crippen LogP contribution >= 0.6 is 0 Å². The Kier molecular flexibility index (Phi) is 3.52. The number of carbonyl (C=O) groups is 1. The van der Waals surface area contributed by atoms with E-state index in [1.807, 2.05) is 29.1 Å². The minimum atomic E-state index is -0.926. The Morgan fingerprint density at radius 2 is 2.15 bits per heavy atom. The van der Waals surface area contributed by atoms with Crippen LogP contribution in [0.4, 0.5) is 0 Å². The van der Waals surface area contributed by atoms with Gasteiger partial charge in [-0.1, -0.05) is 0 Å². The van der Waals surface area contributed by atoms with Gasteiger partial charge in [0.25, 0.3) is 0 Å². The fourth-order valence-corrected chi connectivity index (χ4v) is 0.975. The number of nitrogens with one attached hydrogen (secondary N) is 1. The predicted molar refractivity (Wildman–Crippen MR) is 49.1 cm³/mol. The van der Waals surface area contributed by atoms with Crippen LogP contribution < -0.4 is 5.32 Å². The average molecular weight is 182 g/mol. The maximum atomic E-state index is 10.9. The number of amides is 1. The van der Waals surface area contributed by atoms with E-state index in [-0.39, 0.29) is 5.91 Å². The quantitative estimate of drug-likeness (QED) is 0.688. The van der Waals surface area contributed by atoms with Gasteiger partial charge in [0, 0.05) is 25.5 Å². The molecule has 0 radical (unpaired) electrons. The topological polar surface area (TPSA) is 54.3 Å². The number of hydrogen-bond acceptors (Lipinski definition) is 2. The lowest BCUT2D eigenvalue weighted by atomic mass is 10.4. The van der Waals surface area contributed by atoms with Gasteiger partial charge in [-0.25, -0.2) is 0 Å². The van der Waals surface area contributed by atoms with E-state index in [9.17, 15) is 4.79 Å². The van der Waals surface area contributed by atoms with Crippen molar-refractivity contribution in [3.8, 4) is 0 Å². The van der Waals surface area contributed by atoms with E-state index in [4.69, 9.17) is 5.11 Å². The fourth-order valence-electron chi connectivity index (χ4n) is 0.975. The number of aromatic nitrogens is 1. The maximum Gasteiger partial charge on any atom is 0.248 e. The third kappa shape index (κ3) is 3.29. The summed E-state index contributed by atoms with van der Waals surface area (Å²) in [7, 11) is 0. The lowest BCUT2D eigenvalue weighted by molar-refractivity contribution is -0.128. The first-order chi connectivity index (χ1) is 6.20. The lowest BCUT2D eigenvalue weighted by Gasteiger charge is -2.07. The first kappa shape index (κ1) is 9.80. The van der Waals surface area contributed by atoms with Crippen LogP contribution in [0.2, 0.25) is 0 Å². The minimum absolute atomic E-state index is 0.327. The van der Waals surface area contributed by atoms with Crippen molar-refractivity contribution in [1.29, 1.82) is 0 Å². The number of nitrogens with zero attached hydrogens (tertiary/aromatic N) is 1. The molecule has 0 bridgehead atoms. The molecular formula is C9H14N2O2. The molecular weight excluding hydrogens is 168 g/mol. The van der Waals surface area contributed by atoms with Gasteiger partial charge < -0.3 is 15.0 Å². The highest BCUT2D eigenvalue weighted by Crippen LogP contribution is 1.88. The molecule has 1 atom stereocenters. The first-order valence-electron chi connectivity index (χ1n) is 4.26. The molecule has 0 aliphatic carbocycles. The summed E-state index contributed by atoms with van der Waals surface area (Å²) in [5.41, 5.74) is 0. The molecule has 4 nitrogen and oxygen atoms in total. The van der Waals surface area contributed by atoms with Gasteiger partial charge in [-0.2, -0.15) is 0 Å². The third-order valence-electron chi connectivity index (χ3n) is 1.71. The van der Waals surface area contributed by atoms with Gasteiger partial charge in [0.15, 0.2) is 0 Å². The van der Waals surface area contributed by atoms with Crippen molar-refractivity contribution >= 4 is 5.91 Å². The van der Waals surface area contributed by atoms with Gasteiger partial charge in [0.1, 0.15) is 6.10 Å². The van der Waals surface area contributed by atoms with Crippen molar-refractivity contribution in [2.24, 2.45) is 0 Å². The van der Waals surface area contributed by atoms with Crippen LogP contribution in [0.3, 0.4) is 0 Å². The number of aliphatic hydroxyl groups is 1. The Hall–Kier alpha value is -1.29. The van der Waals surface area contributed by atoms with Crippen molar-refractivity contribution in [3.63, 3.8) is 0 Å². The molecule has 1 heterocycles. The van der Waals surface area contributed by atoms with E-state index in [1.165, 1.54) is 6.92 Å². The van der Waals surface area contributed by atoms with Gasteiger partial charge in [0.2, 0.25) is 5.91 Å². The van der Waals surface area contributed by atoms with Crippen molar-refractivity contribution in [2.75, 3.05) is 6.54 Å². The van der Waals surface area contributed by atoms with E-state index in [0.717, 1.165) is 6.54 Å². The Morgan fingerprint density at radius 1 is 1.54 bits per heavy atom. The summed E-state index contributed by atoms with van der Waals surface area (Å²) in [6, 6.07) is 3.85. The summed E-state index contributed by atoms with van der Waals surface area (Å²) in [5, 5.41) is 11.5. The van der Waals surface area contributed by atoms with Gasteiger partial charge >= 0.3 is 0 Å². The standard InChI is InChI=1S/C9H14N2O2/c1-8(12)9(13)10-4-7-11-5-2-3-6-11/h2-3,5-6,8,12H,4,7H2,1H3,(H,10,13)/t8-/m0/s1. The van der Waals surface area contributed by atoms with Gasteiger partial charge in [-0.15, -0.1) is 0 Å². The molecule has 0 fully saturated rings. The Labute approximate surface area is 77.2 Å². The normalized spacial score (nSPS) is 12.5. The molecule has 0 aliphatic heterocycles. The molecule has 13 heavy (non-hydrogen) atoms. The monoisotopic (exact) mass is 182 g/mol. The Bertz CT molecular complexity index is 255. The second-order valence-electron chi connectivity index (χ2n) is 2.89. The fraction of sp³-hybridized carbons (Fsp3) is 0.444. The van der Waals surface area contributed by atoms with E-state index < -0.39 is 6.10 Å². The number of rotatable bonds is 4. The van der Waals surface area contributed by atoms with E-state index in [1.54, 1.807) is 0 Å². The van der Waals surface area contributed by atoms with Crippen molar-refractivity contribution in [3.05, 3.63) is 24.5 Å². The summed E-state index contributed by atoms with van der Waals surface area (Å²) in [5.74, 6) is -0.327. The van der Waals surface area contributed by atoms with Crippen LogP contribution in [0.5, 0.6) is 0 Å². The lowest BCUT2D eigenvalue weighted by Crippen LogP contribution is -2.34. The third-order valence-corrected chi connectivity index (χ3v) is 1.71. The van der Waals surface area contributed by atoms with Crippen molar-refractivity contribution in [1.82, 2.24) is 9.88 Å². The van der Waals surface area contributed by atoms with E-state index >= 15 is 0 Å². The SMILES string of the molecule is C[C@H](O)C(=O)NCCn1cccc1. The van der Waals surface area contributed by atoms with Crippen LogP contribution in [-0.2, 0) is 11.3 Å². The molecule has 4 heteroatoms. The van der Waals surface area contributed by atoms with Gasteiger partial charge in [0.05, 0.1) is 0 Å². The molecule has 0 aromatic carbocycles. The number of carbonyl (C=O) groups excluding carboxylic acids is 1. The molecule has 1 rings (SSSR count). The average Bonchev–Trinajstić information content (AvgIpc) is 2.56. The van der Waals surface area contributed by atoms with E-state index in [0.29, 0.717) is 6.54 Å². The molecule has 0 aliphatic rings. The van der Waals surface area contributed by atoms with Crippen LogP contribution in [0.25, 0.3) is 0 Å². The highest BCUT2D eigenvalue weighted by atomic mass is 16.3. The summed E-state index contributed by atoms with van der Waals surface area (Å²) in [4.78, 5) is 10.9. The van der Waals surface area contributed by atoms with Crippen LogP contribution in [-0.4, -0.2) is 28.2 Å². The smallest absolute Gasteiger partial charge is 0.248 e. The summed E-state index contributed by atoms with van der Waals surface area (Å²) >= 11 is 0. The second-order valence-corrected chi connectivity index (χ2v) is 2.89. The summed E-state index contributed by atoms with van der Waals surface area (Å²) in [6.45, 7) is 2.72. The molecule has 2 N–H and O–H groups in total. The van der Waals surface area contributed by atoms with E-state index in [2.05, 4.69) is 5.32 Å². The van der Waals surface area contributed by atoms with Crippen molar-refractivity contribution in [2.45, 2.75) is 19.6 Å². The minimum Gasteiger partial charge on any atom is -0.384 e. The van der Waals surface area contributed by atoms with Crippen LogP contribution in [0.1, 0.15) is 6.92 Å². The summed E-state index contributed by atoms with van der Waals surface area (Å²) in [6.07, 6.45) is 2.92. The highest BCUT2D eigenvalue weighted by molar-refractivity contribution is 5.79. The number of aliphatic hydroxyl groups excluding tert-OH is 1. The molecule has 0 unspecified atom stereocenters. The molecule has 1 aromatic rings. The molecule has 1 amide bonds. The zero-order chi connectivity index (χ0) is 9.68. The highest BCUT2D eigenvalue weighted by Gasteiger charge is 2.06. The second kappa shape index (κ2) is 4.67. The molecule has 1 aromatic heterocycles. The van der Waals surface area contributed by atoms with Gasteiger partial charge in [-0.05, 0) is 19.1 Å². The maximum absolute atomic E-state index is 10.9. The first-order valence-corrected chi connectivity index (χ1v) is 4.26. The van der Waals surface area contributed by atoms with Gasteiger partial charge in [-0.3, -0.25) is 4.79 Å². The molecule has 0 saturated carbocycles. The van der Waals surface area contributed by atoms with Crippen LogP contribution in [0, 0.1) is 0 Å². The Morgan fingerprint density at radius 3 is 2.69 bits per heavy atom. The zero-order valence-corrected chi connectivity index (χ0v) is 7.60. The zero-order valence-electron chi connectivity index (χ0n) is 7.60. The molecule has 72 valence electrons. The summed E-state index contributed by atoms with van der Waals surface area (Å²) < 4.78 is 1.96. The largest absolute Gasteiger partial charge is 0.384 e. The molecule has 0 spiro atoms. The Balaban J connectivity index is 2.18. The predicted octanol–water partition coefficient (Wildman–Crippen LogP) is -0.0149.